The van der Waals surface area contributed by atoms with Crippen molar-refractivity contribution >= 4 is 5.91 Å². The smallest absolute Gasteiger partial charge is 0.248 e. The Bertz CT molecular complexity index is 487. The van der Waals surface area contributed by atoms with E-state index in [1.807, 2.05) is 11.0 Å². The fourth-order valence-corrected chi connectivity index (χ4v) is 2.78. The van der Waals surface area contributed by atoms with E-state index >= 15 is 0 Å². The van der Waals surface area contributed by atoms with Crippen LogP contribution in [0.3, 0.4) is 0 Å². The Kier molecular flexibility index (Phi) is 5.76. The van der Waals surface area contributed by atoms with Crippen LogP contribution in [0.5, 0.6) is 0 Å². The summed E-state index contributed by atoms with van der Waals surface area (Å²) in [6, 6.07) is 6.17. The van der Waals surface area contributed by atoms with Crippen LogP contribution in [0.1, 0.15) is 49.0 Å². The van der Waals surface area contributed by atoms with E-state index < -0.39 is 6.10 Å². The van der Waals surface area contributed by atoms with Gasteiger partial charge in [0.25, 0.3) is 0 Å². The molecule has 0 aromatic heterocycles. The zero-order valence-electron chi connectivity index (χ0n) is 13.0. The van der Waals surface area contributed by atoms with Crippen molar-refractivity contribution in [2.45, 2.75) is 45.3 Å². The van der Waals surface area contributed by atoms with Gasteiger partial charge in [-0.05, 0) is 29.5 Å². The van der Waals surface area contributed by atoms with E-state index in [-0.39, 0.29) is 12.5 Å². The number of fused-ring (bicyclic) bond motifs is 1. The van der Waals surface area contributed by atoms with Gasteiger partial charge in [0.2, 0.25) is 5.91 Å². The molecular weight excluding hydrogens is 266 g/mol. The van der Waals surface area contributed by atoms with Crippen LogP contribution in [0.15, 0.2) is 18.2 Å². The third-order valence-electron chi connectivity index (χ3n) is 4.08. The largest absolute Gasteiger partial charge is 0.388 e. The number of hydrogen-bond donors (Lipinski definition) is 1. The summed E-state index contributed by atoms with van der Waals surface area (Å²) in [6.45, 7) is 3.62. The number of hydrogen-bond acceptors (Lipinski definition) is 3. The molecule has 1 aromatic rings. The highest BCUT2D eigenvalue weighted by molar-refractivity contribution is 5.77. The lowest BCUT2D eigenvalue weighted by molar-refractivity contribution is -0.136. The summed E-state index contributed by atoms with van der Waals surface area (Å²) in [5.41, 5.74) is 3.39. The summed E-state index contributed by atoms with van der Waals surface area (Å²) < 4.78 is 4.92. The van der Waals surface area contributed by atoms with Crippen molar-refractivity contribution in [3.63, 3.8) is 0 Å². The van der Waals surface area contributed by atoms with Gasteiger partial charge >= 0.3 is 0 Å². The molecule has 1 heterocycles. The van der Waals surface area contributed by atoms with Crippen molar-refractivity contribution in [2.24, 2.45) is 0 Å². The molecule has 0 fully saturated rings. The van der Waals surface area contributed by atoms with Gasteiger partial charge in [0.1, 0.15) is 6.61 Å². The number of ether oxygens (including phenoxy) is 1. The molecule has 0 bridgehead atoms. The minimum Gasteiger partial charge on any atom is -0.388 e. The van der Waals surface area contributed by atoms with Crippen LogP contribution < -0.4 is 0 Å². The first-order valence-electron chi connectivity index (χ1n) is 7.72. The molecule has 1 aliphatic heterocycles. The number of carbonyl (C=O) groups excluding carboxylic acids is 1. The van der Waals surface area contributed by atoms with E-state index in [2.05, 4.69) is 19.1 Å². The average Bonchev–Trinajstić information content (AvgIpc) is 2.51. The molecule has 0 radical (unpaired) electrons. The van der Waals surface area contributed by atoms with Crippen LogP contribution in [-0.2, 0) is 22.5 Å². The summed E-state index contributed by atoms with van der Waals surface area (Å²) in [7, 11) is 1.54. The first-order chi connectivity index (χ1) is 10.2. The molecule has 0 saturated heterocycles. The standard InChI is InChI=1S/C17H25NO3/c1-3-4-5-16(19)14-7-6-13-8-9-18(11-15(13)10-14)17(20)12-21-2/h6-7,10,16,19H,3-5,8-9,11-12H2,1-2H3. The molecule has 0 spiro atoms. The van der Waals surface area contributed by atoms with E-state index in [0.29, 0.717) is 6.54 Å². The van der Waals surface area contributed by atoms with Crippen LogP contribution in [0.25, 0.3) is 0 Å². The van der Waals surface area contributed by atoms with Gasteiger partial charge in [-0.3, -0.25) is 4.79 Å². The molecule has 0 saturated carbocycles. The second-order valence-electron chi connectivity index (χ2n) is 5.68. The molecule has 0 aliphatic carbocycles. The van der Waals surface area contributed by atoms with Crippen molar-refractivity contribution in [2.75, 3.05) is 20.3 Å². The second-order valence-corrected chi connectivity index (χ2v) is 5.68. The van der Waals surface area contributed by atoms with E-state index in [9.17, 15) is 9.90 Å². The van der Waals surface area contributed by atoms with Gasteiger partial charge < -0.3 is 14.7 Å². The molecule has 1 N–H and O–H groups in total. The number of rotatable bonds is 6. The molecule has 1 aromatic carbocycles. The number of unbranched alkanes of at least 4 members (excludes halogenated alkanes) is 1. The van der Waals surface area contributed by atoms with Crippen LogP contribution >= 0.6 is 0 Å². The van der Waals surface area contributed by atoms with E-state index in [0.717, 1.165) is 43.4 Å². The molecule has 1 unspecified atom stereocenters. The number of benzene rings is 1. The van der Waals surface area contributed by atoms with Gasteiger partial charge in [0.05, 0.1) is 6.10 Å². The van der Waals surface area contributed by atoms with Crippen LogP contribution in [0.4, 0.5) is 0 Å². The zero-order chi connectivity index (χ0) is 15.2. The third kappa shape index (κ3) is 4.05. The molecular formula is C17H25NO3. The highest BCUT2D eigenvalue weighted by atomic mass is 16.5. The number of aliphatic hydroxyl groups is 1. The van der Waals surface area contributed by atoms with E-state index in [1.165, 1.54) is 12.7 Å². The van der Waals surface area contributed by atoms with Gasteiger partial charge in [-0.25, -0.2) is 0 Å². The van der Waals surface area contributed by atoms with Crippen LogP contribution in [-0.4, -0.2) is 36.2 Å². The Morgan fingerprint density at radius 2 is 2.24 bits per heavy atom. The summed E-state index contributed by atoms with van der Waals surface area (Å²) in [5, 5.41) is 10.2. The van der Waals surface area contributed by atoms with E-state index in [4.69, 9.17) is 4.74 Å². The minimum absolute atomic E-state index is 0.0279. The number of aliphatic hydroxyl groups excluding tert-OH is 1. The Morgan fingerprint density at radius 1 is 1.43 bits per heavy atom. The van der Waals surface area contributed by atoms with Crippen molar-refractivity contribution in [1.29, 1.82) is 0 Å². The molecule has 4 heteroatoms. The normalized spacial score (nSPS) is 15.7. The van der Waals surface area contributed by atoms with Crippen molar-refractivity contribution in [1.82, 2.24) is 4.90 Å². The highest BCUT2D eigenvalue weighted by Crippen LogP contribution is 2.25. The Balaban J connectivity index is 2.09. The number of amides is 1. The van der Waals surface area contributed by atoms with Crippen molar-refractivity contribution in [3.05, 3.63) is 34.9 Å². The lowest BCUT2D eigenvalue weighted by Crippen LogP contribution is -2.38. The predicted octanol–water partition coefficient (Wildman–Crippen LogP) is 2.44. The molecule has 2 rings (SSSR count). The zero-order valence-corrected chi connectivity index (χ0v) is 13.0. The van der Waals surface area contributed by atoms with Crippen LogP contribution in [0.2, 0.25) is 0 Å². The quantitative estimate of drug-likeness (QED) is 0.876. The Hall–Kier alpha value is -1.39. The Morgan fingerprint density at radius 3 is 2.95 bits per heavy atom. The Labute approximate surface area is 126 Å². The molecule has 1 aliphatic rings. The maximum Gasteiger partial charge on any atom is 0.248 e. The summed E-state index contributed by atoms with van der Waals surface area (Å²) >= 11 is 0. The van der Waals surface area contributed by atoms with Crippen molar-refractivity contribution in [3.8, 4) is 0 Å². The minimum atomic E-state index is -0.402. The fourth-order valence-electron chi connectivity index (χ4n) is 2.78. The average molecular weight is 291 g/mol. The van der Waals surface area contributed by atoms with Gasteiger partial charge in [-0.1, -0.05) is 38.0 Å². The van der Waals surface area contributed by atoms with Gasteiger partial charge in [0.15, 0.2) is 0 Å². The summed E-state index contributed by atoms with van der Waals surface area (Å²) in [6.07, 6.45) is 3.37. The van der Waals surface area contributed by atoms with E-state index in [1.54, 1.807) is 0 Å². The molecule has 1 amide bonds. The van der Waals surface area contributed by atoms with Crippen molar-refractivity contribution < 1.29 is 14.6 Å². The number of methoxy groups -OCH3 is 1. The predicted molar refractivity (Wildman–Crippen MR) is 81.9 cm³/mol. The van der Waals surface area contributed by atoms with Gasteiger partial charge in [0, 0.05) is 20.2 Å². The SMILES string of the molecule is CCCCC(O)c1ccc2c(c1)CN(C(=O)COC)CC2. The summed E-state index contributed by atoms with van der Waals surface area (Å²) in [4.78, 5) is 13.7. The highest BCUT2D eigenvalue weighted by Gasteiger charge is 2.21. The summed E-state index contributed by atoms with van der Waals surface area (Å²) in [5.74, 6) is 0.0279. The first kappa shape index (κ1) is 16.0. The fraction of sp³-hybridized carbons (Fsp3) is 0.588. The lowest BCUT2D eigenvalue weighted by atomic mass is 9.94. The van der Waals surface area contributed by atoms with Gasteiger partial charge in [-0.2, -0.15) is 0 Å². The maximum atomic E-state index is 11.9. The first-order valence-corrected chi connectivity index (χ1v) is 7.72. The molecule has 116 valence electrons. The number of carbonyl (C=O) groups is 1. The molecule has 21 heavy (non-hydrogen) atoms. The maximum absolute atomic E-state index is 11.9. The molecule has 4 nitrogen and oxygen atoms in total. The third-order valence-corrected chi connectivity index (χ3v) is 4.08. The topological polar surface area (TPSA) is 49.8 Å². The van der Waals surface area contributed by atoms with Gasteiger partial charge in [-0.15, -0.1) is 0 Å². The van der Waals surface area contributed by atoms with Crippen LogP contribution in [0, 0.1) is 0 Å². The monoisotopic (exact) mass is 291 g/mol. The number of nitrogens with zero attached hydrogens (tertiary/aromatic N) is 1. The lowest BCUT2D eigenvalue weighted by Gasteiger charge is -2.29. The second kappa shape index (κ2) is 7.57. The molecule has 1 atom stereocenters.